The predicted molar refractivity (Wildman–Crippen MR) is 88.5 cm³/mol. The van der Waals surface area contributed by atoms with Crippen molar-refractivity contribution >= 4 is 6.09 Å². The Hall–Kier alpha value is -2.07. The van der Waals surface area contributed by atoms with Crippen LogP contribution in [0.25, 0.3) is 0 Å². The highest BCUT2D eigenvalue weighted by Gasteiger charge is 2.32. The van der Waals surface area contributed by atoms with Gasteiger partial charge in [0.2, 0.25) is 0 Å². The van der Waals surface area contributed by atoms with Crippen molar-refractivity contribution in [1.82, 2.24) is 4.90 Å². The van der Waals surface area contributed by atoms with Gasteiger partial charge in [0.15, 0.2) is 0 Å². The van der Waals surface area contributed by atoms with Gasteiger partial charge in [-0.3, -0.25) is 4.90 Å². The number of aliphatic hydroxyl groups is 1. The summed E-state index contributed by atoms with van der Waals surface area (Å²) < 4.78 is 5.44. The van der Waals surface area contributed by atoms with Crippen molar-refractivity contribution < 1.29 is 14.6 Å². The summed E-state index contributed by atoms with van der Waals surface area (Å²) in [5.74, 6) is 0. The molecule has 1 amide bonds. The summed E-state index contributed by atoms with van der Waals surface area (Å²) >= 11 is 0. The molecule has 1 aromatic carbocycles. The van der Waals surface area contributed by atoms with Crippen molar-refractivity contribution in [2.75, 3.05) is 6.54 Å². The molecular weight excluding hydrogens is 278 g/mol. The molecule has 4 nitrogen and oxygen atoms in total. The monoisotopic (exact) mass is 303 g/mol. The summed E-state index contributed by atoms with van der Waals surface area (Å²) in [4.78, 5) is 14.0. The van der Waals surface area contributed by atoms with Crippen LogP contribution in [-0.4, -0.2) is 34.3 Å². The molecule has 0 radical (unpaired) electrons. The van der Waals surface area contributed by atoms with E-state index in [9.17, 15) is 9.90 Å². The largest absolute Gasteiger partial charge is 0.444 e. The molecule has 0 aliphatic heterocycles. The second-order valence-electron chi connectivity index (χ2n) is 6.00. The van der Waals surface area contributed by atoms with Crippen molar-refractivity contribution in [1.29, 1.82) is 0 Å². The van der Waals surface area contributed by atoms with Crippen LogP contribution in [0.2, 0.25) is 0 Å². The zero-order valence-electron chi connectivity index (χ0n) is 13.5. The lowest BCUT2D eigenvalue weighted by Gasteiger charge is -2.35. The van der Waals surface area contributed by atoms with E-state index in [1.165, 1.54) is 11.0 Å². The van der Waals surface area contributed by atoms with Gasteiger partial charge in [-0.25, -0.2) is 4.79 Å². The Morgan fingerprint density at radius 1 is 1.32 bits per heavy atom. The number of nitrogens with zero attached hydrogens (tertiary/aromatic N) is 1. The number of benzene rings is 1. The molecule has 0 heterocycles. The van der Waals surface area contributed by atoms with Crippen LogP contribution >= 0.6 is 0 Å². The number of amides is 1. The highest BCUT2D eigenvalue weighted by Crippen LogP contribution is 2.27. The summed E-state index contributed by atoms with van der Waals surface area (Å²) in [5, 5.41) is 10.3. The molecule has 0 saturated carbocycles. The second kappa shape index (κ2) is 7.80. The van der Waals surface area contributed by atoms with E-state index >= 15 is 0 Å². The van der Waals surface area contributed by atoms with E-state index in [4.69, 9.17) is 4.74 Å². The Morgan fingerprint density at radius 3 is 2.36 bits per heavy atom. The summed E-state index contributed by atoms with van der Waals surface area (Å²) in [6, 6.07) is 8.74. The molecule has 1 N–H and O–H groups in total. The van der Waals surface area contributed by atoms with E-state index in [0.29, 0.717) is 0 Å². The fourth-order valence-electron chi connectivity index (χ4n) is 2.10. The maximum atomic E-state index is 12.5. The van der Waals surface area contributed by atoms with Gasteiger partial charge < -0.3 is 9.84 Å². The molecule has 2 atom stereocenters. The van der Waals surface area contributed by atoms with Gasteiger partial charge in [0, 0.05) is 6.54 Å². The van der Waals surface area contributed by atoms with Crippen molar-refractivity contribution in [3.05, 3.63) is 61.2 Å². The molecule has 0 bridgehead atoms. The number of carbonyl (C=O) groups is 1. The van der Waals surface area contributed by atoms with E-state index in [1.807, 2.05) is 30.3 Å². The Bertz CT molecular complexity index is 505. The minimum Gasteiger partial charge on any atom is -0.444 e. The first-order valence-electron chi connectivity index (χ1n) is 7.26. The third-order valence-electron chi connectivity index (χ3n) is 3.00. The third-order valence-corrected chi connectivity index (χ3v) is 3.00. The van der Waals surface area contributed by atoms with Gasteiger partial charge >= 0.3 is 6.09 Å². The molecule has 0 spiro atoms. The molecular formula is C18H25NO3. The van der Waals surface area contributed by atoms with Crippen LogP contribution < -0.4 is 0 Å². The molecule has 0 saturated heterocycles. The van der Waals surface area contributed by atoms with Crippen molar-refractivity contribution in [2.24, 2.45) is 0 Å². The average Bonchev–Trinajstić information content (AvgIpc) is 2.45. The molecule has 0 fully saturated rings. The number of hydrogen-bond acceptors (Lipinski definition) is 3. The van der Waals surface area contributed by atoms with Crippen molar-refractivity contribution in [3.8, 4) is 0 Å². The van der Waals surface area contributed by atoms with Crippen LogP contribution in [0.3, 0.4) is 0 Å². The van der Waals surface area contributed by atoms with E-state index in [-0.39, 0.29) is 6.54 Å². The maximum absolute atomic E-state index is 12.5. The van der Waals surface area contributed by atoms with Gasteiger partial charge in [-0.15, -0.1) is 13.2 Å². The van der Waals surface area contributed by atoms with E-state index in [0.717, 1.165) is 5.56 Å². The van der Waals surface area contributed by atoms with E-state index < -0.39 is 23.8 Å². The summed E-state index contributed by atoms with van der Waals surface area (Å²) in [6.07, 6.45) is 1.62. The van der Waals surface area contributed by atoms with Gasteiger partial charge in [-0.2, -0.15) is 0 Å². The first-order valence-corrected chi connectivity index (χ1v) is 7.26. The van der Waals surface area contributed by atoms with Crippen LogP contribution in [-0.2, 0) is 4.74 Å². The molecule has 120 valence electrons. The molecule has 4 heteroatoms. The minimum absolute atomic E-state index is 0.263. The van der Waals surface area contributed by atoms with Crippen LogP contribution in [0.5, 0.6) is 0 Å². The standard InChI is InChI=1S/C18H25NO3/c1-6-13-19(17(21)22-18(3,4)5)16(15(20)7-2)14-11-9-8-10-12-14/h6-12,15-16,20H,1-2,13H2,3-5H3/t15-,16-/m0/s1. The Morgan fingerprint density at radius 2 is 1.91 bits per heavy atom. The molecule has 0 aliphatic rings. The fraction of sp³-hybridized carbons (Fsp3) is 0.389. The lowest BCUT2D eigenvalue weighted by molar-refractivity contribution is 0.00425. The van der Waals surface area contributed by atoms with Crippen molar-refractivity contribution in [3.63, 3.8) is 0 Å². The molecule has 0 aliphatic carbocycles. The van der Waals surface area contributed by atoms with E-state index in [1.54, 1.807) is 26.8 Å². The van der Waals surface area contributed by atoms with Gasteiger partial charge in [0.05, 0.1) is 12.1 Å². The molecule has 22 heavy (non-hydrogen) atoms. The van der Waals surface area contributed by atoms with Gasteiger partial charge in [-0.1, -0.05) is 42.5 Å². The van der Waals surface area contributed by atoms with Crippen LogP contribution in [0, 0.1) is 0 Å². The second-order valence-corrected chi connectivity index (χ2v) is 6.00. The third kappa shape index (κ3) is 5.04. The lowest BCUT2D eigenvalue weighted by Crippen LogP contribution is -2.43. The SMILES string of the molecule is C=CCN(C(=O)OC(C)(C)C)[C@@H](c1ccccc1)[C@@H](O)C=C. The molecule has 1 aromatic rings. The fourth-order valence-corrected chi connectivity index (χ4v) is 2.10. The summed E-state index contributed by atoms with van der Waals surface area (Å²) in [5.41, 5.74) is 0.194. The Labute approximate surface area is 132 Å². The number of ether oxygens (including phenoxy) is 1. The van der Waals surface area contributed by atoms with Crippen LogP contribution in [0.15, 0.2) is 55.6 Å². The maximum Gasteiger partial charge on any atom is 0.411 e. The van der Waals surface area contributed by atoms with Crippen LogP contribution in [0.1, 0.15) is 32.4 Å². The highest BCUT2D eigenvalue weighted by molar-refractivity contribution is 5.69. The van der Waals surface area contributed by atoms with Crippen molar-refractivity contribution in [2.45, 2.75) is 38.5 Å². The topological polar surface area (TPSA) is 49.8 Å². The first kappa shape index (κ1) is 18.0. The van der Waals surface area contributed by atoms with E-state index in [2.05, 4.69) is 13.2 Å². The zero-order valence-corrected chi connectivity index (χ0v) is 13.5. The number of carbonyl (C=O) groups excluding carboxylic acids is 1. The Kier molecular flexibility index (Phi) is 6.38. The molecule has 1 rings (SSSR count). The lowest BCUT2D eigenvalue weighted by atomic mass is 9.99. The molecule has 0 unspecified atom stereocenters. The normalized spacial score (nSPS) is 13.8. The quantitative estimate of drug-likeness (QED) is 0.815. The molecule has 0 aromatic heterocycles. The predicted octanol–water partition coefficient (Wildman–Crippen LogP) is 3.70. The minimum atomic E-state index is -0.908. The number of rotatable bonds is 6. The summed E-state index contributed by atoms with van der Waals surface area (Å²) in [7, 11) is 0. The smallest absolute Gasteiger partial charge is 0.411 e. The Balaban J connectivity index is 3.18. The highest BCUT2D eigenvalue weighted by atomic mass is 16.6. The van der Waals surface area contributed by atoms with Gasteiger partial charge in [0.1, 0.15) is 5.60 Å². The van der Waals surface area contributed by atoms with Crippen LogP contribution in [0.4, 0.5) is 4.79 Å². The summed E-state index contributed by atoms with van der Waals surface area (Å²) in [6.45, 7) is 13.0. The van der Waals surface area contributed by atoms with Gasteiger partial charge in [-0.05, 0) is 26.3 Å². The zero-order chi connectivity index (χ0) is 16.8. The number of aliphatic hydroxyl groups excluding tert-OH is 1. The first-order chi connectivity index (χ1) is 10.3. The average molecular weight is 303 g/mol. The van der Waals surface area contributed by atoms with Gasteiger partial charge in [0.25, 0.3) is 0 Å². The number of hydrogen-bond donors (Lipinski definition) is 1.